The Bertz CT molecular complexity index is 762. The third kappa shape index (κ3) is 4.86. The maximum absolute atomic E-state index is 13.5. The van der Waals surface area contributed by atoms with E-state index in [0.717, 1.165) is 19.4 Å². The predicted molar refractivity (Wildman–Crippen MR) is 95.4 cm³/mol. The van der Waals surface area contributed by atoms with Gasteiger partial charge in [0, 0.05) is 35.6 Å². The highest BCUT2D eigenvalue weighted by Crippen LogP contribution is 2.32. The summed E-state index contributed by atoms with van der Waals surface area (Å²) < 4.78 is 40.4. The molecule has 1 aromatic heterocycles. The molecular weight excluding hydrogens is 365 g/mol. The number of anilines is 2. The first-order valence-corrected chi connectivity index (χ1v) is 8.83. The van der Waals surface area contributed by atoms with Crippen molar-refractivity contribution in [1.29, 1.82) is 0 Å². The van der Waals surface area contributed by atoms with Gasteiger partial charge < -0.3 is 10.2 Å². The number of nitrogens with one attached hydrogen (secondary N) is 1. The molecule has 0 bridgehead atoms. The molecule has 0 amide bonds. The summed E-state index contributed by atoms with van der Waals surface area (Å²) >= 11 is 5.89. The Balaban J connectivity index is 1.78. The maximum atomic E-state index is 13.5. The Morgan fingerprint density at radius 3 is 2.69 bits per heavy atom. The van der Waals surface area contributed by atoms with Gasteiger partial charge in [0.2, 0.25) is 5.95 Å². The van der Waals surface area contributed by atoms with Gasteiger partial charge >= 0.3 is 6.18 Å². The van der Waals surface area contributed by atoms with Gasteiger partial charge in [0.25, 0.3) is 0 Å². The zero-order chi connectivity index (χ0) is 18.7. The van der Waals surface area contributed by atoms with E-state index in [1.165, 1.54) is 12.6 Å². The van der Waals surface area contributed by atoms with Crippen LogP contribution in [0.1, 0.15) is 30.5 Å². The molecule has 0 spiro atoms. The van der Waals surface area contributed by atoms with E-state index in [9.17, 15) is 13.2 Å². The van der Waals surface area contributed by atoms with E-state index in [1.54, 1.807) is 24.3 Å². The van der Waals surface area contributed by atoms with Gasteiger partial charge in [-0.15, -0.1) is 0 Å². The molecule has 1 N–H and O–H groups in total. The smallest absolute Gasteiger partial charge is 0.324 e. The van der Waals surface area contributed by atoms with Crippen molar-refractivity contribution < 1.29 is 13.2 Å². The van der Waals surface area contributed by atoms with E-state index in [1.807, 2.05) is 11.9 Å². The van der Waals surface area contributed by atoms with Crippen molar-refractivity contribution in [2.75, 3.05) is 18.9 Å². The van der Waals surface area contributed by atoms with Crippen molar-refractivity contribution in [3.05, 3.63) is 46.7 Å². The van der Waals surface area contributed by atoms with Crippen LogP contribution in [-0.2, 0) is 12.7 Å². The predicted octanol–water partition coefficient (Wildman–Crippen LogP) is 5.12. The van der Waals surface area contributed by atoms with Crippen LogP contribution in [0.4, 0.5) is 24.8 Å². The molecule has 4 nitrogen and oxygen atoms in total. The third-order valence-corrected chi connectivity index (χ3v) is 4.68. The summed E-state index contributed by atoms with van der Waals surface area (Å²) in [4.78, 5) is 9.68. The lowest BCUT2D eigenvalue weighted by Crippen LogP contribution is -2.30. The first-order chi connectivity index (χ1) is 12.3. The summed E-state index contributed by atoms with van der Waals surface area (Å²) in [5, 5.41) is 3.24. The molecule has 1 aliphatic rings. The topological polar surface area (TPSA) is 41.1 Å². The summed E-state index contributed by atoms with van der Waals surface area (Å²) in [7, 11) is 1.83. The number of aromatic nitrogens is 2. The van der Waals surface area contributed by atoms with Crippen LogP contribution in [-0.4, -0.2) is 28.5 Å². The van der Waals surface area contributed by atoms with Gasteiger partial charge in [-0.05, 0) is 44.0 Å². The molecule has 0 saturated heterocycles. The normalized spacial score (nSPS) is 15.2. The standard InChI is InChI=1S/C18H20ClF3N4/c1-26(10-12-4-2-5-12)11-13-9-23-17(25-16(13)18(20,21)22)24-15-7-3-6-14(19)8-15/h3,6-9,12H,2,4-5,10-11H2,1H3,(H,23,24,25). The van der Waals surface area contributed by atoms with Crippen molar-refractivity contribution >= 4 is 23.2 Å². The second-order valence-electron chi connectivity index (χ2n) is 6.69. The molecule has 1 saturated carbocycles. The molecule has 0 aliphatic heterocycles. The van der Waals surface area contributed by atoms with E-state index in [-0.39, 0.29) is 18.1 Å². The van der Waals surface area contributed by atoms with Gasteiger partial charge in [-0.3, -0.25) is 0 Å². The van der Waals surface area contributed by atoms with Crippen molar-refractivity contribution in [2.24, 2.45) is 5.92 Å². The van der Waals surface area contributed by atoms with E-state index in [4.69, 9.17) is 11.6 Å². The van der Waals surface area contributed by atoms with Crippen molar-refractivity contribution in [1.82, 2.24) is 14.9 Å². The first-order valence-electron chi connectivity index (χ1n) is 8.45. The lowest BCUT2D eigenvalue weighted by molar-refractivity contribution is -0.142. The fraction of sp³-hybridized carbons (Fsp3) is 0.444. The number of halogens is 4. The SMILES string of the molecule is CN(Cc1cnc(Nc2cccc(Cl)c2)nc1C(F)(F)F)CC1CCC1. The number of hydrogen-bond acceptors (Lipinski definition) is 4. The van der Waals surface area contributed by atoms with Crippen LogP contribution >= 0.6 is 11.6 Å². The minimum Gasteiger partial charge on any atom is -0.324 e. The number of benzene rings is 1. The van der Waals surface area contributed by atoms with Crippen LogP contribution in [0.5, 0.6) is 0 Å². The largest absolute Gasteiger partial charge is 0.433 e. The monoisotopic (exact) mass is 384 g/mol. The van der Waals surface area contributed by atoms with Gasteiger partial charge in [0.05, 0.1) is 0 Å². The van der Waals surface area contributed by atoms with E-state index in [2.05, 4.69) is 15.3 Å². The molecule has 2 aromatic rings. The second kappa shape index (κ2) is 7.80. The highest BCUT2D eigenvalue weighted by Gasteiger charge is 2.36. The number of alkyl halides is 3. The zero-order valence-corrected chi connectivity index (χ0v) is 15.1. The summed E-state index contributed by atoms with van der Waals surface area (Å²) in [6, 6.07) is 6.65. The molecular formula is C18H20ClF3N4. The van der Waals surface area contributed by atoms with Gasteiger partial charge in [-0.2, -0.15) is 13.2 Å². The lowest BCUT2D eigenvalue weighted by Gasteiger charge is -2.30. The van der Waals surface area contributed by atoms with Crippen LogP contribution < -0.4 is 5.32 Å². The maximum Gasteiger partial charge on any atom is 0.433 e. The summed E-state index contributed by atoms with van der Waals surface area (Å²) in [6.07, 6.45) is 0.213. The Labute approximate surface area is 155 Å². The molecule has 8 heteroatoms. The number of rotatable bonds is 6. The minimum atomic E-state index is -4.54. The van der Waals surface area contributed by atoms with Crippen LogP contribution in [0, 0.1) is 5.92 Å². The van der Waals surface area contributed by atoms with Gasteiger partial charge in [-0.1, -0.05) is 24.1 Å². The Morgan fingerprint density at radius 2 is 2.08 bits per heavy atom. The van der Waals surface area contributed by atoms with Gasteiger partial charge in [0.1, 0.15) is 0 Å². The van der Waals surface area contributed by atoms with E-state index < -0.39 is 11.9 Å². The molecule has 1 aliphatic carbocycles. The Kier molecular flexibility index (Phi) is 5.67. The second-order valence-corrected chi connectivity index (χ2v) is 7.13. The quantitative estimate of drug-likeness (QED) is 0.750. The molecule has 0 radical (unpaired) electrons. The molecule has 0 atom stereocenters. The van der Waals surface area contributed by atoms with Crippen LogP contribution in [0.2, 0.25) is 5.02 Å². The molecule has 140 valence electrons. The molecule has 1 fully saturated rings. The van der Waals surface area contributed by atoms with Crippen LogP contribution in [0.15, 0.2) is 30.5 Å². The molecule has 0 unspecified atom stereocenters. The van der Waals surface area contributed by atoms with Crippen LogP contribution in [0.25, 0.3) is 0 Å². The third-order valence-electron chi connectivity index (χ3n) is 4.45. The highest BCUT2D eigenvalue weighted by atomic mass is 35.5. The minimum absolute atomic E-state index is 0.0796. The molecule has 1 aromatic carbocycles. The number of nitrogens with zero attached hydrogens (tertiary/aromatic N) is 3. The highest BCUT2D eigenvalue weighted by molar-refractivity contribution is 6.30. The molecule has 26 heavy (non-hydrogen) atoms. The Hall–Kier alpha value is -1.86. The summed E-state index contributed by atoms with van der Waals surface area (Å²) in [6.45, 7) is 0.961. The fourth-order valence-corrected chi connectivity index (χ4v) is 3.19. The first kappa shape index (κ1) is 18.9. The van der Waals surface area contributed by atoms with E-state index in [0.29, 0.717) is 16.6 Å². The summed E-state index contributed by atoms with van der Waals surface area (Å²) in [5.41, 5.74) is -0.297. The molecule has 3 rings (SSSR count). The van der Waals surface area contributed by atoms with Gasteiger partial charge in [-0.25, -0.2) is 9.97 Å². The summed E-state index contributed by atoms with van der Waals surface area (Å²) in [5.74, 6) is 0.476. The lowest BCUT2D eigenvalue weighted by atomic mass is 9.85. The fourth-order valence-electron chi connectivity index (χ4n) is 2.99. The zero-order valence-electron chi connectivity index (χ0n) is 14.4. The Morgan fingerprint density at radius 1 is 1.31 bits per heavy atom. The molecule has 1 heterocycles. The average Bonchev–Trinajstić information content (AvgIpc) is 2.51. The van der Waals surface area contributed by atoms with E-state index >= 15 is 0 Å². The van der Waals surface area contributed by atoms with Crippen LogP contribution in [0.3, 0.4) is 0 Å². The van der Waals surface area contributed by atoms with Gasteiger partial charge in [0.15, 0.2) is 5.69 Å². The van der Waals surface area contributed by atoms with Crippen molar-refractivity contribution in [3.63, 3.8) is 0 Å². The van der Waals surface area contributed by atoms with Crippen molar-refractivity contribution in [3.8, 4) is 0 Å². The van der Waals surface area contributed by atoms with Crippen molar-refractivity contribution in [2.45, 2.75) is 32.0 Å². The average molecular weight is 385 g/mol. The number of hydrogen-bond donors (Lipinski definition) is 1.